The monoisotopic (exact) mass is 244 g/mol. The molecule has 0 saturated carbocycles. The van der Waals surface area contributed by atoms with Gasteiger partial charge in [-0.2, -0.15) is 0 Å². The van der Waals surface area contributed by atoms with Crippen molar-refractivity contribution < 1.29 is 15.3 Å². The quantitative estimate of drug-likeness (QED) is 0.674. The Morgan fingerprint density at radius 2 is 1.33 bits per heavy atom. The molecule has 0 atom stereocenters. The van der Waals surface area contributed by atoms with E-state index in [-0.39, 0.29) is 11.5 Å². The van der Waals surface area contributed by atoms with Crippen molar-refractivity contribution in [3.8, 4) is 28.4 Å². The Hall–Kier alpha value is -2.16. The third-order valence-electron chi connectivity index (χ3n) is 3.44. The molecular formula is C15H16O3. The smallest absolute Gasteiger partial charge is 0.200 e. The molecule has 94 valence electrons. The van der Waals surface area contributed by atoms with E-state index in [1.165, 1.54) is 23.3 Å². The number of phenolic OH excluding ortho intramolecular Hbond substituents is 3. The van der Waals surface area contributed by atoms with Crippen LogP contribution in [0.15, 0.2) is 24.3 Å². The maximum Gasteiger partial charge on any atom is 0.200 e. The fourth-order valence-electron chi connectivity index (χ4n) is 2.03. The molecule has 3 N–H and O–H groups in total. The van der Waals surface area contributed by atoms with Crippen LogP contribution in [0.5, 0.6) is 17.2 Å². The van der Waals surface area contributed by atoms with Crippen LogP contribution in [0.4, 0.5) is 0 Å². The summed E-state index contributed by atoms with van der Waals surface area (Å²) in [6, 6.07) is 6.85. The van der Waals surface area contributed by atoms with Gasteiger partial charge in [0.1, 0.15) is 0 Å². The van der Waals surface area contributed by atoms with E-state index < -0.39 is 5.75 Å². The van der Waals surface area contributed by atoms with Crippen LogP contribution in [0.25, 0.3) is 11.1 Å². The first-order chi connectivity index (χ1) is 8.41. The fraction of sp³-hybridized carbons (Fsp3) is 0.200. The largest absolute Gasteiger partial charge is 0.504 e. The molecule has 3 nitrogen and oxygen atoms in total. The van der Waals surface area contributed by atoms with Gasteiger partial charge in [-0.25, -0.2) is 0 Å². The third-order valence-corrected chi connectivity index (χ3v) is 3.44. The van der Waals surface area contributed by atoms with Gasteiger partial charge in [0.25, 0.3) is 0 Å². The molecule has 2 aromatic rings. The van der Waals surface area contributed by atoms with E-state index in [2.05, 4.69) is 0 Å². The Bertz CT molecular complexity index is 592. The highest BCUT2D eigenvalue weighted by Gasteiger charge is 2.12. The molecule has 2 rings (SSSR count). The van der Waals surface area contributed by atoms with Gasteiger partial charge in [0.15, 0.2) is 17.2 Å². The van der Waals surface area contributed by atoms with Crippen LogP contribution in [0.3, 0.4) is 0 Å². The zero-order valence-corrected chi connectivity index (χ0v) is 10.7. The van der Waals surface area contributed by atoms with Gasteiger partial charge in [-0.3, -0.25) is 0 Å². The van der Waals surface area contributed by atoms with Gasteiger partial charge >= 0.3 is 0 Å². The Kier molecular flexibility index (Phi) is 2.91. The van der Waals surface area contributed by atoms with Crippen molar-refractivity contribution in [2.45, 2.75) is 20.8 Å². The Balaban J connectivity index is 2.67. The summed E-state index contributed by atoms with van der Waals surface area (Å²) in [5, 5.41) is 28.4. The predicted octanol–water partition coefficient (Wildman–Crippen LogP) is 3.40. The minimum atomic E-state index is -0.486. The van der Waals surface area contributed by atoms with Crippen LogP contribution >= 0.6 is 0 Å². The molecule has 3 heteroatoms. The van der Waals surface area contributed by atoms with Gasteiger partial charge in [-0.1, -0.05) is 12.1 Å². The van der Waals surface area contributed by atoms with Crippen molar-refractivity contribution in [2.75, 3.05) is 0 Å². The molecule has 0 aromatic heterocycles. The topological polar surface area (TPSA) is 60.7 Å². The van der Waals surface area contributed by atoms with Crippen LogP contribution in [0, 0.1) is 20.8 Å². The van der Waals surface area contributed by atoms with Gasteiger partial charge < -0.3 is 15.3 Å². The van der Waals surface area contributed by atoms with E-state index in [1.807, 2.05) is 32.9 Å². The molecule has 0 heterocycles. The second kappa shape index (κ2) is 4.26. The van der Waals surface area contributed by atoms with E-state index in [9.17, 15) is 15.3 Å². The van der Waals surface area contributed by atoms with Crippen molar-refractivity contribution in [3.05, 3.63) is 41.0 Å². The Labute approximate surface area is 106 Å². The van der Waals surface area contributed by atoms with E-state index in [4.69, 9.17) is 0 Å². The zero-order chi connectivity index (χ0) is 13.4. The van der Waals surface area contributed by atoms with Crippen molar-refractivity contribution in [1.29, 1.82) is 0 Å². The molecule has 0 spiro atoms. The van der Waals surface area contributed by atoms with Crippen molar-refractivity contribution >= 4 is 0 Å². The second-order valence-electron chi connectivity index (χ2n) is 4.54. The first kappa shape index (κ1) is 12.3. The standard InChI is InChI=1S/C15H16O3/c1-8-4-5-12(10(3)9(8)2)11-6-13(16)15(18)14(17)7-11/h4-7,16-18H,1-3H3. The summed E-state index contributed by atoms with van der Waals surface area (Å²) in [5.74, 6) is -1.12. The highest BCUT2D eigenvalue weighted by Crippen LogP contribution is 2.40. The first-order valence-electron chi connectivity index (χ1n) is 5.74. The van der Waals surface area contributed by atoms with Gasteiger partial charge in [-0.15, -0.1) is 0 Å². The fourth-order valence-corrected chi connectivity index (χ4v) is 2.03. The molecule has 0 radical (unpaired) electrons. The summed E-state index contributed by atoms with van der Waals surface area (Å²) < 4.78 is 0. The highest BCUT2D eigenvalue weighted by molar-refractivity contribution is 5.74. The predicted molar refractivity (Wildman–Crippen MR) is 71.1 cm³/mol. The summed E-state index contributed by atoms with van der Waals surface area (Å²) in [4.78, 5) is 0. The lowest BCUT2D eigenvalue weighted by Crippen LogP contribution is -1.90. The molecule has 0 unspecified atom stereocenters. The van der Waals surface area contributed by atoms with E-state index in [1.54, 1.807) is 0 Å². The number of benzene rings is 2. The Morgan fingerprint density at radius 1 is 0.778 bits per heavy atom. The van der Waals surface area contributed by atoms with Crippen molar-refractivity contribution in [3.63, 3.8) is 0 Å². The lowest BCUT2D eigenvalue weighted by atomic mass is 9.94. The van der Waals surface area contributed by atoms with Gasteiger partial charge in [-0.05, 0) is 60.7 Å². The van der Waals surface area contributed by atoms with Crippen LogP contribution in [-0.4, -0.2) is 15.3 Å². The molecule has 0 aliphatic rings. The number of aromatic hydroxyl groups is 3. The highest BCUT2D eigenvalue weighted by atomic mass is 16.3. The molecular weight excluding hydrogens is 228 g/mol. The number of phenols is 3. The average molecular weight is 244 g/mol. The lowest BCUT2D eigenvalue weighted by Gasteiger charge is -2.12. The van der Waals surface area contributed by atoms with Gasteiger partial charge in [0.05, 0.1) is 0 Å². The molecule has 0 aliphatic heterocycles. The van der Waals surface area contributed by atoms with Crippen molar-refractivity contribution in [1.82, 2.24) is 0 Å². The van der Waals surface area contributed by atoms with Crippen molar-refractivity contribution in [2.24, 2.45) is 0 Å². The number of rotatable bonds is 1. The van der Waals surface area contributed by atoms with Crippen LogP contribution < -0.4 is 0 Å². The van der Waals surface area contributed by atoms with E-state index >= 15 is 0 Å². The van der Waals surface area contributed by atoms with E-state index in [0.717, 1.165) is 11.1 Å². The molecule has 18 heavy (non-hydrogen) atoms. The molecule has 0 saturated heterocycles. The molecule has 0 amide bonds. The number of aryl methyl sites for hydroxylation is 1. The summed E-state index contributed by atoms with van der Waals surface area (Å²) in [7, 11) is 0. The van der Waals surface area contributed by atoms with Crippen LogP contribution in [0.2, 0.25) is 0 Å². The maximum atomic E-state index is 9.55. The Morgan fingerprint density at radius 3 is 1.89 bits per heavy atom. The summed E-state index contributed by atoms with van der Waals surface area (Å²) in [6.07, 6.45) is 0. The normalized spacial score (nSPS) is 10.6. The maximum absolute atomic E-state index is 9.55. The van der Waals surface area contributed by atoms with E-state index in [0.29, 0.717) is 5.56 Å². The summed E-state index contributed by atoms with van der Waals surface area (Å²) in [6.45, 7) is 6.07. The molecule has 0 aliphatic carbocycles. The molecule has 0 fully saturated rings. The lowest BCUT2D eigenvalue weighted by molar-refractivity contribution is 0.368. The van der Waals surface area contributed by atoms with Crippen LogP contribution in [-0.2, 0) is 0 Å². The first-order valence-corrected chi connectivity index (χ1v) is 5.74. The minimum absolute atomic E-state index is 0.317. The molecule has 0 bridgehead atoms. The van der Waals surface area contributed by atoms with Gasteiger partial charge in [0, 0.05) is 0 Å². The van der Waals surface area contributed by atoms with Crippen LogP contribution in [0.1, 0.15) is 16.7 Å². The molecule has 2 aromatic carbocycles. The zero-order valence-electron chi connectivity index (χ0n) is 10.7. The SMILES string of the molecule is Cc1ccc(-c2cc(O)c(O)c(O)c2)c(C)c1C. The summed E-state index contributed by atoms with van der Waals surface area (Å²) >= 11 is 0. The average Bonchev–Trinajstić information content (AvgIpc) is 2.33. The number of hydrogen-bond acceptors (Lipinski definition) is 3. The number of hydrogen-bond donors (Lipinski definition) is 3. The summed E-state index contributed by atoms with van der Waals surface area (Å²) in [5.41, 5.74) is 5.09. The van der Waals surface area contributed by atoms with Gasteiger partial charge in [0.2, 0.25) is 0 Å². The second-order valence-corrected chi connectivity index (χ2v) is 4.54. The third kappa shape index (κ3) is 1.88. The minimum Gasteiger partial charge on any atom is -0.504 e.